The first-order valence-corrected chi connectivity index (χ1v) is 8.12. The summed E-state index contributed by atoms with van der Waals surface area (Å²) in [5, 5.41) is 2.64. The Morgan fingerprint density at radius 3 is 2.52 bits per heavy atom. The van der Waals surface area contributed by atoms with Crippen molar-refractivity contribution in [2.24, 2.45) is 5.92 Å². The maximum absolute atomic E-state index is 12.9. The van der Waals surface area contributed by atoms with Crippen LogP contribution in [-0.4, -0.2) is 49.6 Å². The first-order chi connectivity index (χ1) is 11.0. The minimum Gasteiger partial charge on any atom is -0.368 e. The van der Waals surface area contributed by atoms with E-state index in [1.165, 1.54) is 4.90 Å². The van der Waals surface area contributed by atoms with Crippen molar-refractivity contribution in [3.63, 3.8) is 0 Å². The summed E-state index contributed by atoms with van der Waals surface area (Å²) in [6.07, 6.45) is 0.300. The molecular formula is C18H28N2O3. The highest BCUT2D eigenvalue weighted by molar-refractivity contribution is 5.90. The number of hydrogen-bond donors (Lipinski definition) is 1. The van der Waals surface area contributed by atoms with E-state index in [2.05, 4.69) is 5.32 Å². The zero-order valence-corrected chi connectivity index (χ0v) is 14.3. The third kappa shape index (κ3) is 3.72. The Morgan fingerprint density at radius 2 is 1.96 bits per heavy atom. The third-order valence-corrected chi connectivity index (χ3v) is 4.47. The normalized spacial score (nSPS) is 22.0. The number of likely N-dealkylation sites (N-methyl/N-ethyl adjacent to an activating group) is 2. The van der Waals surface area contributed by atoms with Crippen LogP contribution < -0.4 is 5.32 Å². The lowest BCUT2D eigenvalue weighted by Gasteiger charge is -2.32. The van der Waals surface area contributed by atoms with Crippen molar-refractivity contribution in [3.05, 3.63) is 35.9 Å². The summed E-state index contributed by atoms with van der Waals surface area (Å²) in [6.45, 7) is 4.44. The van der Waals surface area contributed by atoms with Gasteiger partial charge in [0.25, 0.3) is 5.91 Å². The van der Waals surface area contributed by atoms with Gasteiger partial charge in [0.05, 0.1) is 0 Å². The highest BCUT2D eigenvalue weighted by atomic mass is 16.5. The molecule has 1 saturated heterocycles. The molecule has 2 rings (SSSR count). The zero-order valence-electron chi connectivity index (χ0n) is 14.3. The molecule has 1 N–H and O–H groups in total. The Hall–Kier alpha value is -1.88. The van der Waals surface area contributed by atoms with Crippen LogP contribution in [0.5, 0.6) is 0 Å². The van der Waals surface area contributed by atoms with Gasteiger partial charge in [-0.3, -0.25) is 9.59 Å². The Kier molecular flexibility index (Phi) is 5.77. The predicted molar refractivity (Wildman–Crippen MR) is 91.1 cm³/mol. The van der Waals surface area contributed by atoms with Gasteiger partial charge in [0.15, 0.2) is 0 Å². The van der Waals surface area contributed by atoms with E-state index in [1.54, 1.807) is 14.1 Å². The molecule has 1 aliphatic rings. The number of carbonyl (C=O) groups excluding carboxylic acids is 2. The number of benzene rings is 1. The lowest BCUT2D eigenvalue weighted by Crippen LogP contribution is -2.53. The molecule has 3 unspecified atom stereocenters. The molecule has 23 heavy (non-hydrogen) atoms. The molecule has 5 heteroatoms. The smallest absolute Gasteiger partial charge is 0.252 e. The fourth-order valence-electron chi connectivity index (χ4n) is 3.29. The molecule has 1 heterocycles. The summed E-state index contributed by atoms with van der Waals surface area (Å²) in [6, 6.07) is 9.47. The van der Waals surface area contributed by atoms with Crippen molar-refractivity contribution in [2.45, 2.75) is 38.3 Å². The molecule has 0 spiro atoms. The van der Waals surface area contributed by atoms with Crippen LogP contribution in [0.3, 0.4) is 0 Å². The van der Waals surface area contributed by atoms with Gasteiger partial charge in [-0.1, -0.05) is 44.2 Å². The third-order valence-electron chi connectivity index (χ3n) is 4.47. The van der Waals surface area contributed by atoms with Crippen LogP contribution in [0.1, 0.15) is 33.2 Å². The summed E-state index contributed by atoms with van der Waals surface area (Å²) in [7, 11) is 3.28. The van der Waals surface area contributed by atoms with Crippen molar-refractivity contribution < 1.29 is 15.8 Å². The van der Waals surface area contributed by atoms with E-state index in [9.17, 15) is 9.59 Å². The van der Waals surface area contributed by atoms with Gasteiger partial charge in [0.1, 0.15) is 12.1 Å². The van der Waals surface area contributed by atoms with E-state index in [4.69, 9.17) is 4.74 Å². The minimum absolute atomic E-state index is 0. The van der Waals surface area contributed by atoms with Gasteiger partial charge in [-0.2, -0.15) is 0 Å². The minimum atomic E-state index is -0.520. The van der Waals surface area contributed by atoms with Gasteiger partial charge >= 0.3 is 0 Å². The van der Waals surface area contributed by atoms with Gasteiger partial charge in [0, 0.05) is 28.0 Å². The van der Waals surface area contributed by atoms with Crippen molar-refractivity contribution in [1.82, 2.24) is 10.2 Å². The van der Waals surface area contributed by atoms with Crippen LogP contribution in [0.25, 0.3) is 0 Å². The fraction of sp³-hybridized carbons (Fsp3) is 0.556. The average Bonchev–Trinajstić information content (AvgIpc) is 3.04. The summed E-state index contributed by atoms with van der Waals surface area (Å²) >= 11 is 0. The molecule has 1 aromatic rings. The quantitative estimate of drug-likeness (QED) is 0.903. The van der Waals surface area contributed by atoms with Gasteiger partial charge in [-0.05, 0) is 17.9 Å². The number of carbonyl (C=O) groups is 2. The topological polar surface area (TPSA) is 58.6 Å². The summed E-state index contributed by atoms with van der Waals surface area (Å²) < 4.78 is 5.72. The van der Waals surface area contributed by atoms with Gasteiger partial charge in [-0.25, -0.2) is 0 Å². The van der Waals surface area contributed by atoms with Crippen LogP contribution in [0.15, 0.2) is 30.3 Å². The molecule has 0 radical (unpaired) electrons. The molecule has 0 aromatic heterocycles. The van der Waals surface area contributed by atoms with Gasteiger partial charge in [-0.15, -0.1) is 0 Å². The van der Waals surface area contributed by atoms with E-state index in [-0.39, 0.29) is 25.1 Å². The maximum Gasteiger partial charge on any atom is 0.252 e. The van der Waals surface area contributed by atoms with Crippen molar-refractivity contribution in [3.8, 4) is 0 Å². The molecule has 0 bridgehead atoms. The lowest BCUT2D eigenvalue weighted by molar-refractivity contribution is -0.148. The monoisotopic (exact) mass is 320 g/mol. The highest BCUT2D eigenvalue weighted by Crippen LogP contribution is 2.32. The molecule has 3 atom stereocenters. The molecule has 1 aromatic carbocycles. The number of nitrogens with one attached hydrogen (secondary N) is 1. The fourth-order valence-corrected chi connectivity index (χ4v) is 3.29. The molecule has 2 amide bonds. The first kappa shape index (κ1) is 17.5. The van der Waals surface area contributed by atoms with Crippen LogP contribution in [0.4, 0.5) is 0 Å². The number of amides is 2. The standard InChI is InChI=1S/C18H26N2O3.H2/c1-12(2)15(17(21)19-3)20(4)18(22)16-14(10-11-23-16)13-8-6-5-7-9-13;/h5-9,12,14-16H,10-11H2,1-4H3,(H,19,21);1H. The van der Waals surface area contributed by atoms with Crippen molar-refractivity contribution in [1.29, 1.82) is 0 Å². The predicted octanol–water partition coefficient (Wildman–Crippen LogP) is 2.03. The second-order valence-electron chi connectivity index (χ2n) is 6.35. The van der Waals surface area contributed by atoms with E-state index < -0.39 is 12.1 Å². The van der Waals surface area contributed by atoms with E-state index >= 15 is 0 Å². The lowest BCUT2D eigenvalue weighted by atomic mass is 9.91. The second kappa shape index (κ2) is 7.59. The second-order valence-corrected chi connectivity index (χ2v) is 6.35. The number of hydrogen-bond acceptors (Lipinski definition) is 3. The Morgan fingerprint density at radius 1 is 1.30 bits per heavy atom. The van der Waals surface area contributed by atoms with Crippen molar-refractivity contribution >= 4 is 11.8 Å². The SMILES string of the molecule is CNC(=O)C(C(C)C)N(C)C(=O)C1OCCC1c1ccccc1.[HH]. The largest absolute Gasteiger partial charge is 0.368 e. The summed E-state index contributed by atoms with van der Waals surface area (Å²) in [5.74, 6) is -0.201. The Labute approximate surface area is 139 Å². The molecular weight excluding hydrogens is 292 g/mol. The molecule has 1 fully saturated rings. The van der Waals surface area contributed by atoms with E-state index in [1.807, 2.05) is 44.2 Å². The average molecular weight is 320 g/mol. The van der Waals surface area contributed by atoms with Crippen molar-refractivity contribution in [2.75, 3.05) is 20.7 Å². The van der Waals surface area contributed by atoms with Gasteiger partial charge in [0.2, 0.25) is 5.91 Å². The van der Waals surface area contributed by atoms with E-state index in [0.717, 1.165) is 12.0 Å². The van der Waals surface area contributed by atoms with Crippen LogP contribution in [0, 0.1) is 5.92 Å². The summed E-state index contributed by atoms with van der Waals surface area (Å²) in [5.41, 5.74) is 1.11. The highest BCUT2D eigenvalue weighted by Gasteiger charge is 2.40. The Bertz CT molecular complexity index is 550. The van der Waals surface area contributed by atoms with Gasteiger partial charge < -0.3 is 15.0 Å². The maximum atomic E-state index is 12.9. The first-order valence-electron chi connectivity index (χ1n) is 8.12. The number of rotatable bonds is 5. The molecule has 0 aliphatic carbocycles. The molecule has 1 aliphatic heterocycles. The molecule has 128 valence electrons. The Balaban J connectivity index is 0.00000288. The summed E-state index contributed by atoms with van der Waals surface area (Å²) in [4.78, 5) is 26.6. The number of ether oxygens (including phenoxy) is 1. The van der Waals surface area contributed by atoms with Crippen LogP contribution in [-0.2, 0) is 14.3 Å². The molecule has 5 nitrogen and oxygen atoms in total. The molecule has 0 saturated carbocycles. The zero-order chi connectivity index (χ0) is 17.0. The number of nitrogens with zero attached hydrogens (tertiary/aromatic N) is 1. The van der Waals surface area contributed by atoms with E-state index in [0.29, 0.717) is 6.61 Å². The van der Waals surface area contributed by atoms with Crippen LogP contribution >= 0.6 is 0 Å². The van der Waals surface area contributed by atoms with Crippen LogP contribution in [0.2, 0.25) is 0 Å².